The van der Waals surface area contributed by atoms with Crippen molar-refractivity contribution < 1.29 is 4.79 Å². The molecular weight excluding hydrogens is 377 g/mol. The van der Waals surface area contributed by atoms with E-state index in [1.165, 1.54) is 11.8 Å². The number of amides is 1. The number of hydrogen-bond donors (Lipinski definition) is 0. The smallest absolute Gasteiger partial charge is 0.235 e. The van der Waals surface area contributed by atoms with Gasteiger partial charge in [0.25, 0.3) is 0 Å². The average Bonchev–Trinajstić information content (AvgIpc) is 2.64. The minimum Gasteiger partial charge on any atom is -0.353 e. The molecule has 1 atom stereocenters. The number of carbonyl (C=O) groups is 1. The number of benzene rings is 1. The summed E-state index contributed by atoms with van der Waals surface area (Å²) in [5, 5.41) is 1.15. The number of rotatable bonds is 4. The second-order valence-corrected chi connectivity index (χ2v) is 8.06. The van der Waals surface area contributed by atoms with Crippen LogP contribution in [0.5, 0.6) is 0 Å². The predicted octanol–water partition coefficient (Wildman–Crippen LogP) is 4.22. The van der Waals surface area contributed by atoms with E-state index in [0.29, 0.717) is 23.1 Å². The van der Waals surface area contributed by atoms with Gasteiger partial charge in [0.1, 0.15) is 5.82 Å². The second-order valence-electron chi connectivity index (χ2n) is 5.84. The molecule has 3 rings (SSSR count). The summed E-state index contributed by atoms with van der Waals surface area (Å²) >= 11 is 13.6. The first-order chi connectivity index (χ1) is 12.0. The summed E-state index contributed by atoms with van der Waals surface area (Å²) in [6.45, 7) is 4.85. The molecule has 1 saturated heterocycles. The molecule has 7 heteroatoms. The monoisotopic (exact) mass is 395 g/mol. The Morgan fingerprint density at radius 1 is 1.12 bits per heavy atom. The van der Waals surface area contributed by atoms with E-state index >= 15 is 0 Å². The van der Waals surface area contributed by atoms with Gasteiger partial charge >= 0.3 is 0 Å². The van der Waals surface area contributed by atoms with Crippen LogP contribution < -0.4 is 4.90 Å². The Morgan fingerprint density at radius 2 is 1.84 bits per heavy atom. The highest BCUT2D eigenvalue weighted by atomic mass is 35.5. The van der Waals surface area contributed by atoms with Gasteiger partial charge in [-0.1, -0.05) is 35.3 Å². The fraction of sp³-hybridized carbons (Fsp3) is 0.333. The van der Waals surface area contributed by atoms with Crippen molar-refractivity contribution in [3.63, 3.8) is 0 Å². The lowest BCUT2D eigenvalue weighted by Gasteiger charge is -2.36. The Morgan fingerprint density at radius 3 is 2.48 bits per heavy atom. The summed E-state index contributed by atoms with van der Waals surface area (Å²) in [5.41, 5.74) is 0. The minimum atomic E-state index is -0.167. The summed E-state index contributed by atoms with van der Waals surface area (Å²) in [6.07, 6.45) is 1.65. The topological polar surface area (TPSA) is 36.4 Å². The van der Waals surface area contributed by atoms with Crippen LogP contribution >= 0.6 is 35.0 Å². The van der Waals surface area contributed by atoms with Gasteiger partial charge < -0.3 is 9.80 Å². The fourth-order valence-corrected chi connectivity index (χ4v) is 4.10. The molecule has 2 aromatic rings. The number of aromatic nitrogens is 1. The number of hydrogen-bond acceptors (Lipinski definition) is 4. The molecular formula is C18H19Cl2N3OS. The van der Waals surface area contributed by atoms with Crippen LogP contribution in [0.15, 0.2) is 47.5 Å². The van der Waals surface area contributed by atoms with E-state index in [2.05, 4.69) is 9.88 Å². The van der Waals surface area contributed by atoms with Gasteiger partial charge in [-0.25, -0.2) is 4.98 Å². The molecule has 1 aliphatic rings. The molecule has 1 aliphatic heterocycles. The number of halogens is 2. The molecule has 1 amide bonds. The summed E-state index contributed by atoms with van der Waals surface area (Å²) in [5.74, 6) is 1.05. The maximum Gasteiger partial charge on any atom is 0.235 e. The van der Waals surface area contributed by atoms with Gasteiger partial charge in [-0.3, -0.25) is 4.79 Å². The first-order valence-corrected chi connectivity index (χ1v) is 9.74. The van der Waals surface area contributed by atoms with Crippen LogP contribution in [0.2, 0.25) is 10.0 Å². The molecule has 1 fully saturated rings. The molecule has 0 N–H and O–H groups in total. The molecule has 25 heavy (non-hydrogen) atoms. The normalized spacial score (nSPS) is 16.0. The molecule has 132 valence electrons. The van der Waals surface area contributed by atoms with Crippen LogP contribution in [0, 0.1) is 0 Å². The van der Waals surface area contributed by atoms with Gasteiger partial charge in [-0.05, 0) is 31.2 Å². The molecule has 1 aromatic heterocycles. The highest BCUT2D eigenvalue weighted by Crippen LogP contribution is 2.31. The van der Waals surface area contributed by atoms with Crippen LogP contribution in [-0.4, -0.2) is 47.2 Å². The third-order valence-corrected chi connectivity index (χ3v) is 5.95. The third kappa shape index (κ3) is 4.60. The quantitative estimate of drug-likeness (QED) is 0.726. The van der Waals surface area contributed by atoms with E-state index in [-0.39, 0.29) is 11.2 Å². The number of carbonyl (C=O) groups excluding carboxylic acids is 1. The molecule has 2 heterocycles. The van der Waals surface area contributed by atoms with E-state index in [1.807, 2.05) is 48.2 Å². The zero-order valence-corrected chi connectivity index (χ0v) is 16.2. The third-order valence-electron chi connectivity index (χ3n) is 4.12. The standard InChI is InChI=1S/C18H19Cl2N3OS/c1-13(25-16-5-3-2-4-15(16)20)18(24)23-10-8-22(9-11-23)17-7-6-14(19)12-21-17/h2-7,12-13H,8-11H2,1H3. The molecule has 0 aliphatic carbocycles. The van der Waals surface area contributed by atoms with E-state index in [1.54, 1.807) is 6.20 Å². The van der Waals surface area contributed by atoms with Crippen LogP contribution in [0.1, 0.15) is 6.92 Å². The van der Waals surface area contributed by atoms with Crippen LogP contribution in [0.25, 0.3) is 0 Å². The van der Waals surface area contributed by atoms with Crippen molar-refractivity contribution in [3.05, 3.63) is 52.6 Å². The Kier molecular flexibility index (Phi) is 6.10. The largest absolute Gasteiger partial charge is 0.353 e. The lowest BCUT2D eigenvalue weighted by atomic mass is 10.2. The first kappa shape index (κ1) is 18.4. The van der Waals surface area contributed by atoms with Gasteiger partial charge in [0.2, 0.25) is 5.91 Å². The fourth-order valence-electron chi connectivity index (χ4n) is 2.75. The van der Waals surface area contributed by atoms with E-state index < -0.39 is 0 Å². The maximum absolute atomic E-state index is 12.7. The van der Waals surface area contributed by atoms with E-state index in [0.717, 1.165) is 23.8 Å². The first-order valence-electron chi connectivity index (χ1n) is 8.11. The zero-order valence-electron chi connectivity index (χ0n) is 13.9. The number of nitrogens with zero attached hydrogens (tertiary/aromatic N) is 3. The van der Waals surface area contributed by atoms with Crippen molar-refractivity contribution in [2.75, 3.05) is 31.1 Å². The Labute approximate surface area is 162 Å². The number of anilines is 1. The summed E-state index contributed by atoms with van der Waals surface area (Å²) in [4.78, 5) is 22.1. The van der Waals surface area contributed by atoms with Gasteiger partial charge in [0.15, 0.2) is 0 Å². The van der Waals surface area contributed by atoms with Crippen LogP contribution in [0.4, 0.5) is 5.82 Å². The Bertz CT molecular complexity index is 733. The zero-order chi connectivity index (χ0) is 17.8. The van der Waals surface area contributed by atoms with Crippen molar-refractivity contribution >= 4 is 46.7 Å². The average molecular weight is 396 g/mol. The molecule has 0 spiro atoms. The lowest BCUT2D eigenvalue weighted by Crippen LogP contribution is -2.50. The predicted molar refractivity (Wildman–Crippen MR) is 105 cm³/mol. The molecule has 0 radical (unpaired) electrons. The molecule has 1 unspecified atom stereocenters. The maximum atomic E-state index is 12.7. The van der Waals surface area contributed by atoms with E-state index in [9.17, 15) is 4.79 Å². The van der Waals surface area contributed by atoms with Crippen molar-refractivity contribution in [3.8, 4) is 0 Å². The van der Waals surface area contributed by atoms with Gasteiger partial charge in [0, 0.05) is 37.3 Å². The Hall–Kier alpha value is -1.43. The summed E-state index contributed by atoms with van der Waals surface area (Å²) in [7, 11) is 0. The number of thioether (sulfide) groups is 1. The molecule has 4 nitrogen and oxygen atoms in total. The highest BCUT2D eigenvalue weighted by Gasteiger charge is 2.26. The van der Waals surface area contributed by atoms with E-state index in [4.69, 9.17) is 23.2 Å². The van der Waals surface area contributed by atoms with Gasteiger partial charge in [0.05, 0.1) is 15.3 Å². The van der Waals surface area contributed by atoms with Crippen LogP contribution in [0.3, 0.4) is 0 Å². The summed E-state index contributed by atoms with van der Waals surface area (Å²) < 4.78 is 0. The minimum absolute atomic E-state index is 0.147. The van der Waals surface area contributed by atoms with Crippen molar-refractivity contribution in [2.45, 2.75) is 17.1 Å². The lowest BCUT2D eigenvalue weighted by molar-refractivity contribution is -0.130. The second kappa shape index (κ2) is 8.30. The Balaban J connectivity index is 1.56. The SMILES string of the molecule is CC(Sc1ccccc1Cl)C(=O)N1CCN(c2ccc(Cl)cn2)CC1. The van der Waals surface area contributed by atoms with Crippen molar-refractivity contribution in [1.29, 1.82) is 0 Å². The van der Waals surface area contributed by atoms with Gasteiger partial charge in [-0.2, -0.15) is 0 Å². The summed E-state index contributed by atoms with van der Waals surface area (Å²) in [6, 6.07) is 11.4. The van der Waals surface area contributed by atoms with Gasteiger partial charge in [-0.15, -0.1) is 11.8 Å². The van der Waals surface area contributed by atoms with Crippen molar-refractivity contribution in [2.24, 2.45) is 0 Å². The molecule has 0 saturated carbocycles. The number of piperazine rings is 1. The molecule has 1 aromatic carbocycles. The highest BCUT2D eigenvalue weighted by molar-refractivity contribution is 8.00. The van der Waals surface area contributed by atoms with Crippen LogP contribution in [-0.2, 0) is 4.79 Å². The number of pyridine rings is 1. The molecule has 0 bridgehead atoms. The van der Waals surface area contributed by atoms with Crippen molar-refractivity contribution in [1.82, 2.24) is 9.88 Å².